The second kappa shape index (κ2) is 4.07. The van der Waals surface area contributed by atoms with E-state index in [0.29, 0.717) is 12.8 Å². The van der Waals surface area contributed by atoms with E-state index in [1.807, 2.05) is 0 Å². The molecule has 2 N–H and O–H groups in total. The van der Waals surface area contributed by atoms with Crippen LogP contribution in [0.3, 0.4) is 0 Å². The first-order chi connectivity index (χ1) is 3.79. The molecule has 0 unspecified atom stereocenters. The Hall–Kier alpha value is 0.180. The van der Waals surface area contributed by atoms with Crippen molar-refractivity contribution >= 4 is 12.4 Å². The predicted molar refractivity (Wildman–Crippen MR) is 38.6 cm³/mol. The van der Waals surface area contributed by atoms with Crippen LogP contribution in [-0.2, 0) is 0 Å². The molecule has 0 aromatic heterocycles. The third kappa shape index (κ3) is 3.01. The summed E-state index contributed by atoms with van der Waals surface area (Å²) in [5.41, 5.74) is 5.53. The standard InChI is InChI=1S/C6H12FN.ClH/c7-5-1-3-6(8)4-2-5;/h5-6H,1-4,8H2;1H/t5-,6-;. The Bertz CT molecular complexity index is 61.5. The maximum Gasteiger partial charge on any atom is 0.100 e. The van der Waals surface area contributed by atoms with Crippen molar-refractivity contribution in [1.29, 1.82) is 0 Å². The number of halogens is 2. The normalized spacial score (nSPS) is 35.3. The van der Waals surface area contributed by atoms with Crippen molar-refractivity contribution in [1.82, 2.24) is 0 Å². The number of alkyl halides is 1. The molecule has 1 saturated carbocycles. The summed E-state index contributed by atoms with van der Waals surface area (Å²) >= 11 is 0. The Kier molecular flexibility index (Phi) is 4.15. The highest BCUT2D eigenvalue weighted by atomic mass is 35.5. The van der Waals surface area contributed by atoms with Crippen LogP contribution < -0.4 is 5.73 Å². The minimum Gasteiger partial charge on any atom is -0.328 e. The van der Waals surface area contributed by atoms with Gasteiger partial charge in [0.05, 0.1) is 0 Å². The molecule has 1 rings (SSSR count). The zero-order chi connectivity index (χ0) is 5.98. The monoisotopic (exact) mass is 153 g/mol. The summed E-state index contributed by atoms with van der Waals surface area (Å²) in [7, 11) is 0. The van der Waals surface area contributed by atoms with Crippen molar-refractivity contribution in [2.75, 3.05) is 0 Å². The molecule has 0 aliphatic heterocycles. The Morgan fingerprint density at radius 1 is 1.11 bits per heavy atom. The molecular formula is C6H13ClFN. The van der Waals surface area contributed by atoms with E-state index in [1.165, 1.54) is 0 Å². The van der Waals surface area contributed by atoms with Crippen LogP contribution in [0.15, 0.2) is 0 Å². The second-order valence-electron chi connectivity index (χ2n) is 2.51. The van der Waals surface area contributed by atoms with E-state index < -0.39 is 6.17 Å². The highest BCUT2D eigenvalue weighted by molar-refractivity contribution is 5.85. The Balaban J connectivity index is 0.000000640. The molecule has 3 heteroatoms. The first-order valence-electron chi connectivity index (χ1n) is 3.18. The van der Waals surface area contributed by atoms with Gasteiger partial charge < -0.3 is 5.73 Å². The SMILES string of the molecule is Cl.N[C@H]1CC[C@H](F)CC1. The highest BCUT2D eigenvalue weighted by Gasteiger charge is 2.16. The lowest BCUT2D eigenvalue weighted by Crippen LogP contribution is -2.26. The Labute approximate surface area is 61.2 Å². The molecule has 0 heterocycles. The van der Waals surface area contributed by atoms with Crippen LogP contribution in [0.4, 0.5) is 4.39 Å². The number of rotatable bonds is 0. The molecule has 1 nitrogen and oxygen atoms in total. The van der Waals surface area contributed by atoms with Crippen molar-refractivity contribution in [2.45, 2.75) is 37.9 Å². The molecule has 9 heavy (non-hydrogen) atoms. The van der Waals surface area contributed by atoms with Gasteiger partial charge >= 0.3 is 0 Å². The van der Waals surface area contributed by atoms with Gasteiger partial charge in [0.25, 0.3) is 0 Å². The van der Waals surface area contributed by atoms with Crippen LogP contribution >= 0.6 is 12.4 Å². The third-order valence-corrected chi connectivity index (χ3v) is 1.70. The van der Waals surface area contributed by atoms with Gasteiger partial charge in [0, 0.05) is 6.04 Å². The maximum absolute atomic E-state index is 12.3. The highest BCUT2D eigenvalue weighted by Crippen LogP contribution is 2.18. The molecule has 1 fully saturated rings. The molecule has 0 spiro atoms. The van der Waals surface area contributed by atoms with Gasteiger partial charge in [-0.25, -0.2) is 4.39 Å². The summed E-state index contributed by atoms with van der Waals surface area (Å²) in [4.78, 5) is 0. The lowest BCUT2D eigenvalue weighted by Gasteiger charge is -2.19. The topological polar surface area (TPSA) is 26.0 Å². The quantitative estimate of drug-likeness (QED) is 0.563. The molecule has 0 saturated heterocycles. The van der Waals surface area contributed by atoms with Gasteiger partial charge in [-0.3, -0.25) is 0 Å². The molecule has 0 aromatic carbocycles. The molecule has 0 amide bonds. The second-order valence-corrected chi connectivity index (χ2v) is 2.51. The molecule has 0 aromatic rings. The zero-order valence-electron chi connectivity index (χ0n) is 5.35. The number of hydrogen-bond acceptors (Lipinski definition) is 1. The Morgan fingerprint density at radius 3 is 1.89 bits per heavy atom. The lowest BCUT2D eigenvalue weighted by molar-refractivity contribution is 0.236. The van der Waals surface area contributed by atoms with E-state index in [9.17, 15) is 4.39 Å². The van der Waals surface area contributed by atoms with Crippen molar-refractivity contribution in [2.24, 2.45) is 5.73 Å². The minimum atomic E-state index is -0.560. The molecule has 0 radical (unpaired) electrons. The summed E-state index contributed by atoms with van der Waals surface area (Å²) in [5, 5.41) is 0. The van der Waals surface area contributed by atoms with Crippen LogP contribution in [0.2, 0.25) is 0 Å². The zero-order valence-corrected chi connectivity index (χ0v) is 6.16. The van der Waals surface area contributed by atoms with Crippen LogP contribution in [0.5, 0.6) is 0 Å². The molecule has 1 aliphatic carbocycles. The molecule has 56 valence electrons. The van der Waals surface area contributed by atoms with Gasteiger partial charge in [-0.1, -0.05) is 0 Å². The minimum absolute atomic E-state index is 0. The van der Waals surface area contributed by atoms with E-state index in [2.05, 4.69) is 0 Å². The van der Waals surface area contributed by atoms with E-state index in [4.69, 9.17) is 5.73 Å². The van der Waals surface area contributed by atoms with Gasteiger partial charge in [-0.15, -0.1) is 12.4 Å². The van der Waals surface area contributed by atoms with E-state index in [1.54, 1.807) is 0 Å². The fraction of sp³-hybridized carbons (Fsp3) is 1.00. The Morgan fingerprint density at radius 2 is 1.56 bits per heavy atom. The lowest BCUT2D eigenvalue weighted by atomic mass is 9.95. The first-order valence-corrected chi connectivity index (χ1v) is 3.18. The van der Waals surface area contributed by atoms with Gasteiger partial charge in [0.15, 0.2) is 0 Å². The van der Waals surface area contributed by atoms with Gasteiger partial charge in [-0.05, 0) is 25.7 Å². The van der Waals surface area contributed by atoms with Crippen LogP contribution in [0.1, 0.15) is 25.7 Å². The summed E-state index contributed by atoms with van der Waals surface area (Å²) in [6.07, 6.45) is 2.56. The van der Waals surface area contributed by atoms with Crippen LogP contribution in [-0.4, -0.2) is 12.2 Å². The van der Waals surface area contributed by atoms with Crippen molar-refractivity contribution < 1.29 is 4.39 Å². The molecule has 0 atom stereocenters. The van der Waals surface area contributed by atoms with Crippen molar-refractivity contribution in [3.8, 4) is 0 Å². The third-order valence-electron chi connectivity index (χ3n) is 1.70. The maximum atomic E-state index is 12.3. The summed E-state index contributed by atoms with van der Waals surface area (Å²) in [5.74, 6) is 0. The fourth-order valence-electron chi connectivity index (χ4n) is 1.08. The van der Waals surface area contributed by atoms with E-state index in [-0.39, 0.29) is 18.4 Å². The first kappa shape index (κ1) is 9.18. The molecular weight excluding hydrogens is 141 g/mol. The van der Waals surface area contributed by atoms with E-state index in [0.717, 1.165) is 12.8 Å². The van der Waals surface area contributed by atoms with Gasteiger partial charge in [0.1, 0.15) is 6.17 Å². The number of hydrogen-bond donors (Lipinski definition) is 1. The van der Waals surface area contributed by atoms with Gasteiger partial charge in [-0.2, -0.15) is 0 Å². The van der Waals surface area contributed by atoms with Crippen LogP contribution in [0, 0.1) is 0 Å². The van der Waals surface area contributed by atoms with Crippen LogP contribution in [0.25, 0.3) is 0 Å². The van der Waals surface area contributed by atoms with Gasteiger partial charge in [0.2, 0.25) is 0 Å². The number of nitrogens with two attached hydrogens (primary N) is 1. The summed E-state index contributed by atoms with van der Waals surface area (Å²) in [6, 6.07) is 0.280. The van der Waals surface area contributed by atoms with Crippen molar-refractivity contribution in [3.63, 3.8) is 0 Å². The average molecular weight is 154 g/mol. The molecule has 0 bridgehead atoms. The predicted octanol–water partition coefficient (Wildman–Crippen LogP) is 1.65. The average Bonchev–Trinajstić information content (AvgIpc) is 1.77. The summed E-state index contributed by atoms with van der Waals surface area (Å²) in [6.45, 7) is 0. The van der Waals surface area contributed by atoms with E-state index >= 15 is 0 Å². The molecule has 1 aliphatic rings. The smallest absolute Gasteiger partial charge is 0.100 e. The fourth-order valence-corrected chi connectivity index (χ4v) is 1.08. The largest absolute Gasteiger partial charge is 0.328 e. The van der Waals surface area contributed by atoms with Crippen molar-refractivity contribution in [3.05, 3.63) is 0 Å². The summed E-state index contributed by atoms with van der Waals surface area (Å²) < 4.78 is 12.3.